The lowest BCUT2D eigenvalue weighted by Gasteiger charge is -2.13. The maximum Gasteiger partial charge on any atom is 0.416 e. The molecule has 0 saturated carbocycles. The van der Waals surface area contributed by atoms with Crippen molar-refractivity contribution in [1.29, 1.82) is 0 Å². The molecule has 0 saturated heterocycles. The number of hydrogen-bond donors (Lipinski definition) is 1. The summed E-state index contributed by atoms with van der Waals surface area (Å²) in [5.41, 5.74) is -0.0621. The van der Waals surface area contributed by atoms with Gasteiger partial charge in [-0.05, 0) is 36.8 Å². The van der Waals surface area contributed by atoms with Gasteiger partial charge >= 0.3 is 12.1 Å². The third kappa shape index (κ3) is 30.0. The summed E-state index contributed by atoms with van der Waals surface area (Å²) in [5.74, 6) is -0.620. The van der Waals surface area contributed by atoms with Crippen molar-refractivity contribution in [3.63, 3.8) is 0 Å². The number of esters is 1. The molecule has 1 N–H and O–H groups in total. The lowest BCUT2D eigenvalue weighted by Crippen LogP contribution is -2.15. The maximum absolute atomic E-state index is 13.1. The van der Waals surface area contributed by atoms with Crippen LogP contribution in [0.5, 0.6) is 0 Å². The molecule has 10 nitrogen and oxygen atoms in total. The highest BCUT2D eigenvalue weighted by atomic mass is 19.4. The summed E-state index contributed by atoms with van der Waals surface area (Å²) in [5, 5.41) is 2.87. The molecule has 0 unspecified atom stereocenters. The van der Waals surface area contributed by atoms with Gasteiger partial charge in [0.2, 0.25) is 0 Å². The molecular weight excluding hydrogens is 767 g/mol. The summed E-state index contributed by atoms with van der Waals surface area (Å²) in [4.78, 5) is 12.6. The molecule has 0 fully saturated rings. The highest BCUT2D eigenvalue weighted by molar-refractivity contribution is 5.96. The van der Waals surface area contributed by atoms with Crippen molar-refractivity contribution in [2.24, 2.45) is 0 Å². The Hall–Kier alpha value is -2.78. The van der Waals surface area contributed by atoms with Gasteiger partial charge in [-0.1, -0.05) is 121 Å². The minimum Gasteiger partial charge on any atom is -0.460 e. The maximum atomic E-state index is 13.1. The monoisotopic (exact) mass is 842 g/mol. The second kappa shape index (κ2) is 37.0. The topological polar surface area (TPSA) is 103 Å². The van der Waals surface area contributed by atoms with E-state index in [1.54, 1.807) is 18.2 Å². The van der Waals surface area contributed by atoms with Crippen LogP contribution in [0.1, 0.15) is 126 Å². The second-order valence-electron chi connectivity index (χ2n) is 14.5. The van der Waals surface area contributed by atoms with Crippen LogP contribution in [-0.2, 0) is 44.1 Å². The molecule has 0 amide bonds. The van der Waals surface area contributed by atoms with E-state index in [1.807, 2.05) is 0 Å². The van der Waals surface area contributed by atoms with Crippen molar-refractivity contribution in [2.75, 3.05) is 104 Å². The Labute approximate surface area is 352 Å². The van der Waals surface area contributed by atoms with E-state index < -0.39 is 17.7 Å². The molecular formula is C46H74F3NO9. The molecule has 2 aromatic rings. The fourth-order valence-corrected chi connectivity index (χ4v) is 6.14. The largest absolute Gasteiger partial charge is 0.460 e. The van der Waals surface area contributed by atoms with Crippen molar-refractivity contribution < 1.29 is 55.9 Å². The van der Waals surface area contributed by atoms with Gasteiger partial charge in [-0.3, -0.25) is 0 Å². The Bertz CT molecular complexity index is 1270. The fraction of sp³-hybridized carbons (Fsp3) is 0.717. The summed E-state index contributed by atoms with van der Waals surface area (Å²) < 4.78 is 83.2. The number of carbonyl (C=O) groups excluding carboxylic acids is 1. The molecule has 0 aliphatic carbocycles. The highest BCUT2D eigenvalue weighted by Crippen LogP contribution is 2.32. The van der Waals surface area contributed by atoms with Gasteiger partial charge in [0, 0.05) is 12.3 Å². The Balaban J connectivity index is 1.25. The predicted octanol–water partition coefficient (Wildman–Crippen LogP) is 11.0. The number of alkyl halides is 3. The molecule has 59 heavy (non-hydrogen) atoms. The molecule has 338 valence electrons. The number of anilines is 2. The van der Waals surface area contributed by atoms with E-state index in [0.717, 1.165) is 25.2 Å². The number of hydrogen-bond acceptors (Lipinski definition) is 10. The van der Waals surface area contributed by atoms with Gasteiger partial charge in [-0.15, -0.1) is 0 Å². The predicted molar refractivity (Wildman–Crippen MR) is 227 cm³/mol. The average Bonchev–Trinajstić information content (AvgIpc) is 3.23. The molecule has 2 aromatic carbocycles. The Morgan fingerprint density at radius 1 is 0.475 bits per heavy atom. The number of rotatable bonds is 41. The molecule has 13 heteroatoms. The third-order valence-electron chi connectivity index (χ3n) is 9.45. The van der Waals surface area contributed by atoms with Gasteiger partial charge in [0.25, 0.3) is 0 Å². The Kier molecular flexibility index (Phi) is 32.9. The minimum absolute atomic E-state index is 0.00769. The number of ether oxygens (including phenoxy) is 8. The van der Waals surface area contributed by atoms with E-state index in [-0.39, 0.29) is 24.5 Å². The first kappa shape index (κ1) is 52.4. The quantitative estimate of drug-likeness (QED) is 0.0514. The molecule has 2 rings (SSSR count). The van der Waals surface area contributed by atoms with E-state index in [4.69, 9.17) is 37.9 Å². The van der Waals surface area contributed by atoms with E-state index in [0.29, 0.717) is 85.0 Å². The van der Waals surface area contributed by atoms with Crippen LogP contribution in [0.15, 0.2) is 48.5 Å². The first-order valence-electron chi connectivity index (χ1n) is 22.2. The zero-order chi connectivity index (χ0) is 42.3. The van der Waals surface area contributed by atoms with E-state index in [1.165, 1.54) is 115 Å². The SMILES string of the molecule is CCCCCCCCCCCCCCCCCCOCCOCCOCCOCCOCCOCCOCCOC(=O)c1ccccc1Nc1cccc(C(F)(F)F)c1. The summed E-state index contributed by atoms with van der Waals surface area (Å²) in [6.45, 7) is 8.91. The lowest BCUT2D eigenvalue weighted by molar-refractivity contribution is -0.137. The van der Waals surface area contributed by atoms with Crippen LogP contribution in [0.4, 0.5) is 24.5 Å². The zero-order valence-electron chi connectivity index (χ0n) is 35.8. The normalized spacial score (nSPS) is 11.7. The average molecular weight is 842 g/mol. The smallest absolute Gasteiger partial charge is 0.416 e. The van der Waals surface area contributed by atoms with Gasteiger partial charge in [0.05, 0.1) is 103 Å². The highest BCUT2D eigenvalue weighted by Gasteiger charge is 2.30. The summed E-state index contributed by atoms with van der Waals surface area (Å²) in [6, 6.07) is 11.2. The van der Waals surface area contributed by atoms with Crippen molar-refractivity contribution in [1.82, 2.24) is 0 Å². The molecule has 0 atom stereocenters. The number of nitrogens with one attached hydrogen (secondary N) is 1. The Morgan fingerprint density at radius 3 is 1.31 bits per heavy atom. The van der Waals surface area contributed by atoms with Crippen LogP contribution < -0.4 is 5.32 Å². The first-order chi connectivity index (χ1) is 28.9. The van der Waals surface area contributed by atoms with Crippen molar-refractivity contribution in [2.45, 2.75) is 116 Å². The molecule has 0 heterocycles. The van der Waals surface area contributed by atoms with E-state index >= 15 is 0 Å². The van der Waals surface area contributed by atoms with E-state index in [2.05, 4.69) is 12.2 Å². The van der Waals surface area contributed by atoms with Gasteiger partial charge in [-0.25, -0.2) is 4.79 Å². The van der Waals surface area contributed by atoms with Crippen LogP contribution >= 0.6 is 0 Å². The summed E-state index contributed by atoms with van der Waals surface area (Å²) in [6.07, 6.45) is 17.5. The lowest BCUT2D eigenvalue weighted by atomic mass is 10.0. The molecule has 0 radical (unpaired) electrons. The van der Waals surface area contributed by atoms with Gasteiger partial charge < -0.3 is 43.2 Å². The van der Waals surface area contributed by atoms with Crippen LogP contribution in [0, 0.1) is 0 Å². The Morgan fingerprint density at radius 2 is 0.864 bits per heavy atom. The number of halogens is 3. The third-order valence-corrected chi connectivity index (χ3v) is 9.45. The van der Waals surface area contributed by atoms with E-state index in [9.17, 15) is 18.0 Å². The number of para-hydroxylation sites is 1. The molecule has 0 aliphatic rings. The molecule has 0 aliphatic heterocycles. The zero-order valence-corrected chi connectivity index (χ0v) is 35.8. The van der Waals surface area contributed by atoms with Crippen molar-refractivity contribution in [3.8, 4) is 0 Å². The van der Waals surface area contributed by atoms with Crippen LogP contribution in [0.3, 0.4) is 0 Å². The van der Waals surface area contributed by atoms with Crippen LogP contribution in [0.2, 0.25) is 0 Å². The van der Waals surface area contributed by atoms with Gasteiger partial charge in [0.15, 0.2) is 0 Å². The number of carbonyl (C=O) groups is 1. The summed E-state index contributed by atoms with van der Waals surface area (Å²) in [7, 11) is 0. The standard InChI is InChI=1S/C46H74F3NO9/c1-2-3-4-5-6-7-8-9-10-11-12-13-14-15-16-19-25-52-26-27-53-28-29-54-30-31-55-32-33-56-34-35-57-36-37-58-38-39-59-45(51)43-23-17-18-24-44(43)50-42-22-20-21-41(40-42)46(47,48)49/h17-18,20-24,40,50H,2-16,19,25-39H2,1H3. The molecule has 0 bridgehead atoms. The second-order valence-corrected chi connectivity index (χ2v) is 14.5. The first-order valence-corrected chi connectivity index (χ1v) is 22.2. The minimum atomic E-state index is -4.47. The van der Waals surface area contributed by atoms with Crippen molar-refractivity contribution in [3.05, 3.63) is 59.7 Å². The van der Waals surface area contributed by atoms with Crippen LogP contribution in [-0.4, -0.2) is 105 Å². The fourth-order valence-electron chi connectivity index (χ4n) is 6.14. The molecule has 0 spiro atoms. The summed E-state index contributed by atoms with van der Waals surface area (Å²) >= 11 is 0. The molecule has 0 aromatic heterocycles. The van der Waals surface area contributed by atoms with Crippen molar-refractivity contribution >= 4 is 17.3 Å². The number of benzene rings is 2. The van der Waals surface area contributed by atoms with Gasteiger partial charge in [-0.2, -0.15) is 13.2 Å². The van der Waals surface area contributed by atoms with Gasteiger partial charge in [0.1, 0.15) is 6.61 Å². The van der Waals surface area contributed by atoms with Crippen LogP contribution in [0.25, 0.3) is 0 Å². The number of unbranched alkanes of at least 4 members (excludes halogenated alkanes) is 15.